The number of carboxylic acids is 1. The van der Waals surface area contributed by atoms with E-state index in [0.717, 1.165) is 10.2 Å². The van der Waals surface area contributed by atoms with Gasteiger partial charge in [-0.05, 0) is 28.1 Å². The van der Waals surface area contributed by atoms with Gasteiger partial charge in [-0.2, -0.15) is 0 Å². The zero-order valence-electron chi connectivity index (χ0n) is 12.9. The number of ether oxygens (including phenoxy) is 1. The van der Waals surface area contributed by atoms with Crippen molar-refractivity contribution in [3.63, 3.8) is 0 Å². The van der Waals surface area contributed by atoms with E-state index in [0.29, 0.717) is 6.61 Å². The molecule has 0 unspecified atom stereocenters. The summed E-state index contributed by atoms with van der Waals surface area (Å²) in [6, 6.07) is 6.33. The number of amides is 2. The molecule has 1 aromatic carbocycles. The van der Waals surface area contributed by atoms with E-state index in [-0.39, 0.29) is 37.9 Å². The number of carboxylic acid groups (broad SMARTS) is 1. The minimum Gasteiger partial charge on any atom is -0.480 e. The third-order valence-corrected chi connectivity index (χ3v) is 4.98. The molecule has 1 aromatic rings. The fourth-order valence-corrected chi connectivity index (χ4v) is 3.58. The van der Waals surface area contributed by atoms with Crippen LogP contribution in [0.1, 0.15) is 6.42 Å². The lowest BCUT2D eigenvalue weighted by Crippen LogP contribution is -2.54. The molecule has 0 bridgehead atoms. The Morgan fingerprint density at radius 1 is 1.29 bits per heavy atom. The van der Waals surface area contributed by atoms with Gasteiger partial charge in [0.15, 0.2) is 6.04 Å². The first-order valence-electron chi connectivity index (χ1n) is 7.65. The normalized spacial score (nSPS) is 24.3. The second-order valence-corrected chi connectivity index (χ2v) is 6.67. The van der Waals surface area contributed by atoms with Crippen LogP contribution in [-0.2, 0) is 19.1 Å². The average Bonchev–Trinajstić information content (AvgIpc) is 2.96. The highest BCUT2D eigenvalue weighted by molar-refractivity contribution is 9.10. The van der Waals surface area contributed by atoms with Crippen molar-refractivity contribution in [2.75, 3.05) is 31.2 Å². The summed E-state index contributed by atoms with van der Waals surface area (Å²) in [4.78, 5) is 39.3. The van der Waals surface area contributed by atoms with Gasteiger partial charge >= 0.3 is 5.97 Å². The molecule has 7 nitrogen and oxygen atoms in total. The van der Waals surface area contributed by atoms with E-state index in [1.54, 1.807) is 4.90 Å². The minimum atomic E-state index is -1.09. The van der Waals surface area contributed by atoms with E-state index in [4.69, 9.17) is 4.74 Å². The number of morpholine rings is 1. The summed E-state index contributed by atoms with van der Waals surface area (Å²) < 4.78 is 5.93. The van der Waals surface area contributed by atoms with Gasteiger partial charge in [-0.3, -0.25) is 9.59 Å². The summed E-state index contributed by atoms with van der Waals surface area (Å²) in [6.45, 7) is 0.777. The fourth-order valence-electron chi connectivity index (χ4n) is 3.08. The van der Waals surface area contributed by atoms with E-state index in [1.807, 2.05) is 24.3 Å². The number of nitrogens with zero attached hydrogens (tertiary/aromatic N) is 2. The third-order valence-electron chi connectivity index (χ3n) is 4.31. The van der Waals surface area contributed by atoms with Gasteiger partial charge in [-0.25, -0.2) is 4.79 Å². The predicted molar refractivity (Wildman–Crippen MR) is 88.6 cm³/mol. The van der Waals surface area contributed by atoms with Crippen LogP contribution in [0.3, 0.4) is 0 Å². The van der Waals surface area contributed by atoms with Gasteiger partial charge in [-0.15, -0.1) is 0 Å². The van der Waals surface area contributed by atoms with Gasteiger partial charge < -0.3 is 19.6 Å². The summed E-state index contributed by atoms with van der Waals surface area (Å²) in [5, 5.41) is 9.26. The number of anilines is 1. The van der Waals surface area contributed by atoms with E-state index < -0.39 is 17.9 Å². The Bertz CT molecular complexity index is 680. The van der Waals surface area contributed by atoms with Crippen molar-refractivity contribution in [3.05, 3.63) is 28.7 Å². The maximum absolute atomic E-state index is 12.7. The Morgan fingerprint density at radius 3 is 2.75 bits per heavy atom. The molecule has 0 radical (unpaired) electrons. The van der Waals surface area contributed by atoms with Crippen LogP contribution in [0, 0.1) is 5.92 Å². The van der Waals surface area contributed by atoms with Crippen LogP contribution in [0.2, 0.25) is 0 Å². The monoisotopic (exact) mass is 396 g/mol. The van der Waals surface area contributed by atoms with Gasteiger partial charge in [0.05, 0.1) is 24.8 Å². The summed E-state index contributed by atoms with van der Waals surface area (Å²) >= 11 is 3.41. The topological polar surface area (TPSA) is 87.1 Å². The molecule has 0 aliphatic carbocycles. The summed E-state index contributed by atoms with van der Waals surface area (Å²) in [7, 11) is 0. The molecule has 2 amide bonds. The minimum absolute atomic E-state index is 0.0182. The smallest absolute Gasteiger partial charge is 0.328 e. The van der Waals surface area contributed by atoms with Crippen LogP contribution in [0.25, 0.3) is 0 Å². The molecule has 0 spiro atoms. The maximum Gasteiger partial charge on any atom is 0.328 e. The first-order chi connectivity index (χ1) is 11.5. The molecule has 2 aliphatic rings. The molecular weight excluding hydrogens is 380 g/mol. The second kappa shape index (κ2) is 6.90. The largest absolute Gasteiger partial charge is 0.480 e. The van der Waals surface area contributed by atoms with Crippen LogP contribution in [-0.4, -0.2) is 60.1 Å². The number of para-hydroxylation sites is 1. The molecule has 2 heterocycles. The lowest BCUT2D eigenvalue weighted by Gasteiger charge is -2.34. The number of halogens is 1. The van der Waals surface area contributed by atoms with Crippen molar-refractivity contribution in [2.24, 2.45) is 5.92 Å². The van der Waals surface area contributed by atoms with E-state index in [1.165, 1.54) is 4.90 Å². The maximum atomic E-state index is 12.7. The molecule has 0 aromatic heterocycles. The van der Waals surface area contributed by atoms with Gasteiger partial charge in [0.2, 0.25) is 11.8 Å². The average molecular weight is 397 g/mol. The van der Waals surface area contributed by atoms with Crippen molar-refractivity contribution in [2.45, 2.75) is 12.5 Å². The van der Waals surface area contributed by atoms with Crippen LogP contribution in [0.5, 0.6) is 0 Å². The number of rotatable bonds is 3. The van der Waals surface area contributed by atoms with Crippen LogP contribution >= 0.6 is 15.9 Å². The van der Waals surface area contributed by atoms with Crippen molar-refractivity contribution < 1.29 is 24.2 Å². The molecular formula is C16H17BrN2O5. The molecule has 2 saturated heterocycles. The molecule has 3 rings (SSSR count). The first kappa shape index (κ1) is 16.9. The van der Waals surface area contributed by atoms with E-state index in [9.17, 15) is 19.5 Å². The summed E-state index contributed by atoms with van der Waals surface area (Å²) in [6.07, 6.45) is 0.0872. The number of aliphatic carboxylic acids is 1. The van der Waals surface area contributed by atoms with Gasteiger partial charge in [0.1, 0.15) is 0 Å². The Labute approximate surface area is 147 Å². The highest BCUT2D eigenvalue weighted by atomic mass is 79.9. The van der Waals surface area contributed by atoms with Crippen molar-refractivity contribution in [1.82, 2.24) is 4.90 Å². The number of hydrogen-bond donors (Lipinski definition) is 1. The van der Waals surface area contributed by atoms with Crippen molar-refractivity contribution in [1.29, 1.82) is 0 Å². The van der Waals surface area contributed by atoms with E-state index in [2.05, 4.69) is 15.9 Å². The van der Waals surface area contributed by atoms with E-state index >= 15 is 0 Å². The van der Waals surface area contributed by atoms with Crippen LogP contribution < -0.4 is 4.90 Å². The lowest BCUT2D eigenvalue weighted by molar-refractivity contribution is -0.160. The predicted octanol–water partition coefficient (Wildman–Crippen LogP) is 1.11. The Kier molecular flexibility index (Phi) is 4.86. The Balaban J connectivity index is 1.76. The summed E-state index contributed by atoms with van der Waals surface area (Å²) in [5.74, 6) is -2.06. The number of benzene rings is 1. The third kappa shape index (κ3) is 3.16. The van der Waals surface area contributed by atoms with Crippen LogP contribution in [0.4, 0.5) is 5.69 Å². The zero-order chi connectivity index (χ0) is 17.3. The fraction of sp³-hybridized carbons (Fsp3) is 0.438. The SMILES string of the molecule is O=C(O)[C@H]1COCCN1C(=O)[C@@H]1CC(=O)N(c2ccccc2Br)C1. The molecule has 2 atom stereocenters. The highest BCUT2D eigenvalue weighted by Gasteiger charge is 2.41. The molecule has 2 aliphatic heterocycles. The standard InChI is InChI=1S/C16H17BrN2O5/c17-11-3-1-2-4-12(11)19-8-10(7-14(19)20)15(21)18-5-6-24-9-13(18)16(22)23/h1-4,10,13H,5-9H2,(H,22,23)/t10-,13-/m1/s1. The highest BCUT2D eigenvalue weighted by Crippen LogP contribution is 2.32. The quantitative estimate of drug-likeness (QED) is 0.826. The van der Waals surface area contributed by atoms with Gasteiger partial charge in [0, 0.05) is 24.0 Å². The zero-order valence-corrected chi connectivity index (χ0v) is 14.4. The van der Waals surface area contributed by atoms with Gasteiger partial charge in [0.25, 0.3) is 0 Å². The molecule has 128 valence electrons. The van der Waals surface area contributed by atoms with Crippen molar-refractivity contribution >= 4 is 39.4 Å². The Morgan fingerprint density at radius 2 is 2.04 bits per heavy atom. The first-order valence-corrected chi connectivity index (χ1v) is 8.44. The molecule has 2 fully saturated rings. The summed E-state index contributed by atoms with van der Waals surface area (Å²) in [5.41, 5.74) is 0.717. The number of carbonyl (C=O) groups is 3. The van der Waals surface area contributed by atoms with Gasteiger partial charge in [-0.1, -0.05) is 12.1 Å². The van der Waals surface area contributed by atoms with Crippen LogP contribution in [0.15, 0.2) is 28.7 Å². The number of carbonyl (C=O) groups excluding carboxylic acids is 2. The lowest BCUT2D eigenvalue weighted by atomic mass is 10.1. The molecule has 8 heteroatoms. The van der Waals surface area contributed by atoms with Crippen molar-refractivity contribution in [3.8, 4) is 0 Å². The number of hydrogen-bond acceptors (Lipinski definition) is 4. The molecule has 24 heavy (non-hydrogen) atoms. The molecule has 1 N–H and O–H groups in total. The Hall–Kier alpha value is -1.93. The molecule has 0 saturated carbocycles. The second-order valence-electron chi connectivity index (χ2n) is 5.82.